The zero-order chi connectivity index (χ0) is 22.4. The standard InChI is InChI=1S/C24H26N4O2S/c1-16-11-9-10-14-20(16)31(29,30)28-17(2)15-19-22(27-24(3,4)5)25-21(26-23(19)28)18-12-7-6-8-13-18/h6-15H,1-5H3,(H,25,26,27). The number of nitrogens with zero attached hydrogens (tertiary/aromatic N) is 3. The Bertz CT molecular complexity index is 1370. The third-order valence-electron chi connectivity index (χ3n) is 4.93. The summed E-state index contributed by atoms with van der Waals surface area (Å²) in [7, 11) is -3.84. The van der Waals surface area contributed by atoms with Crippen LogP contribution < -0.4 is 5.32 Å². The van der Waals surface area contributed by atoms with Crippen molar-refractivity contribution in [3.63, 3.8) is 0 Å². The highest BCUT2D eigenvalue weighted by Gasteiger charge is 2.27. The van der Waals surface area contributed by atoms with E-state index in [4.69, 9.17) is 9.97 Å². The summed E-state index contributed by atoms with van der Waals surface area (Å²) in [6.45, 7) is 9.69. The molecule has 2 aromatic heterocycles. The summed E-state index contributed by atoms with van der Waals surface area (Å²) >= 11 is 0. The van der Waals surface area contributed by atoms with Crippen molar-refractivity contribution in [2.24, 2.45) is 0 Å². The molecule has 0 saturated heterocycles. The van der Waals surface area contributed by atoms with E-state index in [-0.39, 0.29) is 10.4 Å². The van der Waals surface area contributed by atoms with E-state index in [2.05, 4.69) is 5.32 Å². The van der Waals surface area contributed by atoms with Crippen LogP contribution in [0.5, 0.6) is 0 Å². The van der Waals surface area contributed by atoms with Crippen LogP contribution in [0.15, 0.2) is 65.6 Å². The molecule has 0 amide bonds. The van der Waals surface area contributed by atoms with Crippen molar-refractivity contribution >= 4 is 26.9 Å². The summed E-state index contributed by atoms with van der Waals surface area (Å²) in [5.74, 6) is 1.08. The largest absolute Gasteiger partial charge is 0.365 e. The van der Waals surface area contributed by atoms with Crippen molar-refractivity contribution in [2.75, 3.05) is 5.32 Å². The lowest BCUT2D eigenvalue weighted by molar-refractivity contribution is 0.587. The van der Waals surface area contributed by atoms with Gasteiger partial charge in [0.05, 0.1) is 10.3 Å². The van der Waals surface area contributed by atoms with Crippen LogP contribution in [0, 0.1) is 13.8 Å². The number of aromatic nitrogens is 3. The minimum Gasteiger partial charge on any atom is -0.365 e. The Morgan fingerprint density at radius 1 is 0.903 bits per heavy atom. The summed E-state index contributed by atoms with van der Waals surface area (Å²) in [4.78, 5) is 9.73. The molecule has 0 bridgehead atoms. The second kappa shape index (κ2) is 7.50. The van der Waals surface area contributed by atoms with Gasteiger partial charge in [-0.25, -0.2) is 22.4 Å². The molecule has 0 aliphatic carbocycles. The van der Waals surface area contributed by atoms with Crippen molar-refractivity contribution < 1.29 is 8.42 Å². The maximum atomic E-state index is 13.7. The van der Waals surface area contributed by atoms with Crippen LogP contribution in [0.4, 0.5) is 5.82 Å². The van der Waals surface area contributed by atoms with Gasteiger partial charge in [-0.3, -0.25) is 0 Å². The quantitative estimate of drug-likeness (QED) is 0.480. The molecule has 6 nitrogen and oxygen atoms in total. The van der Waals surface area contributed by atoms with E-state index in [1.54, 1.807) is 32.0 Å². The third-order valence-corrected chi connectivity index (χ3v) is 6.88. The molecule has 2 heterocycles. The minimum atomic E-state index is -3.84. The summed E-state index contributed by atoms with van der Waals surface area (Å²) in [6.07, 6.45) is 0. The second-order valence-corrected chi connectivity index (χ2v) is 10.4. The Labute approximate surface area is 183 Å². The van der Waals surface area contributed by atoms with E-state index in [9.17, 15) is 8.42 Å². The van der Waals surface area contributed by atoms with Crippen LogP contribution >= 0.6 is 0 Å². The average molecular weight is 435 g/mol. The Hall–Kier alpha value is -3.19. The van der Waals surface area contributed by atoms with Gasteiger partial charge in [-0.05, 0) is 52.3 Å². The maximum Gasteiger partial charge on any atom is 0.269 e. The average Bonchev–Trinajstić information content (AvgIpc) is 3.04. The van der Waals surface area contributed by atoms with Crippen molar-refractivity contribution in [3.8, 4) is 11.4 Å². The molecular formula is C24H26N4O2S. The molecule has 0 aliphatic rings. The fourth-order valence-electron chi connectivity index (χ4n) is 3.59. The topological polar surface area (TPSA) is 76.9 Å². The molecule has 160 valence electrons. The lowest BCUT2D eigenvalue weighted by Crippen LogP contribution is -2.27. The summed E-state index contributed by atoms with van der Waals surface area (Å²) in [5, 5.41) is 4.09. The number of rotatable bonds is 4. The molecule has 0 saturated carbocycles. The first-order valence-corrected chi connectivity index (χ1v) is 11.6. The van der Waals surface area contributed by atoms with Gasteiger partial charge in [0.15, 0.2) is 11.5 Å². The zero-order valence-electron chi connectivity index (χ0n) is 18.3. The normalized spacial score (nSPS) is 12.3. The number of fused-ring (bicyclic) bond motifs is 1. The van der Waals surface area contributed by atoms with Gasteiger partial charge in [0.2, 0.25) is 0 Å². The van der Waals surface area contributed by atoms with Crippen LogP contribution in [-0.2, 0) is 10.0 Å². The van der Waals surface area contributed by atoms with E-state index in [1.165, 1.54) is 3.97 Å². The maximum absolute atomic E-state index is 13.7. The molecule has 7 heteroatoms. The van der Waals surface area contributed by atoms with Crippen LogP contribution in [-0.4, -0.2) is 27.9 Å². The van der Waals surface area contributed by atoms with E-state index >= 15 is 0 Å². The van der Waals surface area contributed by atoms with Gasteiger partial charge >= 0.3 is 0 Å². The summed E-state index contributed by atoms with van der Waals surface area (Å²) < 4.78 is 28.7. The highest BCUT2D eigenvalue weighted by Crippen LogP contribution is 2.32. The molecule has 0 unspecified atom stereocenters. The molecule has 0 fully saturated rings. The Balaban J connectivity index is 2.05. The van der Waals surface area contributed by atoms with Gasteiger partial charge in [-0.2, -0.15) is 0 Å². The van der Waals surface area contributed by atoms with Gasteiger partial charge in [0, 0.05) is 16.8 Å². The molecule has 31 heavy (non-hydrogen) atoms. The van der Waals surface area contributed by atoms with E-state index in [1.807, 2.05) is 63.2 Å². The predicted octanol–water partition coefficient (Wildman–Crippen LogP) is 5.16. The lowest BCUT2D eigenvalue weighted by Gasteiger charge is -2.22. The molecule has 0 spiro atoms. The number of hydrogen-bond acceptors (Lipinski definition) is 5. The zero-order valence-corrected chi connectivity index (χ0v) is 19.2. The van der Waals surface area contributed by atoms with Crippen LogP contribution in [0.25, 0.3) is 22.4 Å². The van der Waals surface area contributed by atoms with E-state index in [0.717, 1.165) is 5.56 Å². The van der Waals surface area contributed by atoms with Gasteiger partial charge in [-0.15, -0.1) is 0 Å². The molecule has 0 aliphatic heterocycles. The number of benzene rings is 2. The van der Waals surface area contributed by atoms with E-state index < -0.39 is 10.0 Å². The predicted molar refractivity (Wildman–Crippen MR) is 125 cm³/mol. The van der Waals surface area contributed by atoms with Gasteiger partial charge in [0.25, 0.3) is 10.0 Å². The lowest BCUT2D eigenvalue weighted by atomic mass is 10.1. The number of hydrogen-bond donors (Lipinski definition) is 1. The molecule has 4 rings (SSSR count). The molecule has 1 N–H and O–H groups in total. The van der Waals surface area contributed by atoms with Crippen LogP contribution in [0.1, 0.15) is 32.0 Å². The first-order valence-electron chi connectivity index (χ1n) is 10.1. The molecular weight excluding hydrogens is 408 g/mol. The van der Waals surface area contributed by atoms with Gasteiger partial charge in [0.1, 0.15) is 5.82 Å². The highest BCUT2D eigenvalue weighted by atomic mass is 32.2. The number of aryl methyl sites for hydroxylation is 2. The minimum absolute atomic E-state index is 0.264. The summed E-state index contributed by atoms with van der Waals surface area (Å²) in [6, 6.07) is 18.4. The Morgan fingerprint density at radius 2 is 1.55 bits per heavy atom. The van der Waals surface area contributed by atoms with Crippen molar-refractivity contribution in [1.82, 2.24) is 13.9 Å². The Kier molecular flexibility index (Phi) is 5.09. The van der Waals surface area contributed by atoms with Gasteiger partial charge in [-0.1, -0.05) is 48.5 Å². The summed E-state index contributed by atoms with van der Waals surface area (Å²) in [5.41, 5.74) is 2.19. The molecule has 2 aromatic carbocycles. The smallest absolute Gasteiger partial charge is 0.269 e. The SMILES string of the molecule is Cc1ccccc1S(=O)(=O)n1c(C)cc2c(NC(C)(C)C)nc(-c3ccccc3)nc21. The molecule has 0 atom stereocenters. The van der Waals surface area contributed by atoms with Crippen LogP contribution in [0.2, 0.25) is 0 Å². The van der Waals surface area contributed by atoms with Crippen molar-refractivity contribution in [2.45, 2.75) is 45.1 Å². The fraction of sp³-hybridized carbons (Fsp3) is 0.250. The third kappa shape index (κ3) is 3.93. The van der Waals surface area contributed by atoms with Crippen molar-refractivity contribution in [3.05, 3.63) is 71.9 Å². The molecule has 4 aromatic rings. The number of nitrogens with one attached hydrogen (secondary N) is 1. The van der Waals surface area contributed by atoms with Crippen LogP contribution in [0.3, 0.4) is 0 Å². The second-order valence-electron chi connectivity index (χ2n) is 8.69. The Morgan fingerprint density at radius 3 is 2.19 bits per heavy atom. The highest BCUT2D eigenvalue weighted by molar-refractivity contribution is 7.90. The van der Waals surface area contributed by atoms with Crippen molar-refractivity contribution in [1.29, 1.82) is 0 Å². The number of anilines is 1. The first kappa shape index (κ1) is 21.1. The first-order chi connectivity index (χ1) is 14.6. The molecule has 0 radical (unpaired) electrons. The monoisotopic (exact) mass is 434 g/mol. The van der Waals surface area contributed by atoms with Gasteiger partial charge < -0.3 is 5.32 Å². The van der Waals surface area contributed by atoms with E-state index in [0.29, 0.717) is 33.9 Å². The fourth-order valence-corrected chi connectivity index (χ4v) is 5.32.